The summed E-state index contributed by atoms with van der Waals surface area (Å²) in [5.74, 6) is -1.11. The second-order valence-electron chi connectivity index (χ2n) is 7.54. The van der Waals surface area contributed by atoms with E-state index in [1.807, 2.05) is 18.8 Å². The number of fused-ring (bicyclic) bond motifs is 1. The molecule has 32 heavy (non-hydrogen) atoms. The molecule has 2 aliphatic rings. The lowest BCUT2D eigenvalue weighted by atomic mass is 10.2. The molecule has 2 fully saturated rings. The van der Waals surface area contributed by atoms with Gasteiger partial charge in [-0.25, -0.2) is 9.36 Å². The maximum atomic E-state index is 13.6. The smallest absolute Gasteiger partial charge is 0.353 e. The van der Waals surface area contributed by atoms with Crippen molar-refractivity contribution in [1.29, 1.82) is 0 Å². The van der Waals surface area contributed by atoms with E-state index < -0.39 is 43.3 Å². The van der Waals surface area contributed by atoms with Gasteiger partial charge >= 0.3 is 13.5 Å². The number of rotatable bonds is 12. The van der Waals surface area contributed by atoms with Gasteiger partial charge in [0, 0.05) is 26.1 Å². The molecule has 0 radical (unpaired) electrons. The van der Waals surface area contributed by atoms with Crippen molar-refractivity contribution >= 4 is 7.82 Å². The summed E-state index contributed by atoms with van der Waals surface area (Å²) in [6.07, 6.45) is 1.21. The molecule has 13 heteroatoms. The highest BCUT2D eigenvalue weighted by atomic mass is 31.2. The van der Waals surface area contributed by atoms with Crippen LogP contribution in [-0.4, -0.2) is 54.5 Å². The van der Waals surface area contributed by atoms with E-state index in [-0.39, 0.29) is 25.9 Å². The van der Waals surface area contributed by atoms with Crippen molar-refractivity contribution in [2.75, 3.05) is 26.4 Å². The Labute approximate surface area is 184 Å². The van der Waals surface area contributed by atoms with Gasteiger partial charge in [-0.2, -0.15) is 4.39 Å². The van der Waals surface area contributed by atoms with E-state index in [0.29, 0.717) is 26.1 Å². The molecule has 0 amide bonds. The average Bonchev–Trinajstić information content (AvgIpc) is 3.17. The summed E-state index contributed by atoms with van der Waals surface area (Å²) in [6.45, 7) is 5.25. The number of nitrogens with zero attached hydrogens (tertiary/aromatic N) is 1. The molecule has 1 N–H and O–H groups in total. The molecule has 0 saturated carbocycles. The van der Waals surface area contributed by atoms with Crippen LogP contribution in [-0.2, 0) is 32.3 Å². The monoisotopic (exact) mass is 480 g/mol. The zero-order valence-corrected chi connectivity index (χ0v) is 19.1. The summed E-state index contributed by atoms with van der Waals surface area (Å²) in [6, 6.07) is 0. The first kappa shape index (κ1) is 25.2. The zero-order chi connectivity index (χ0) is 23.1. The van der Waals surface area contributed by atoms with E-state index in [4.69, 9.17) is 27.8 Å². The van der Waals surface area contributed by atoms with Crippen LogP contribution in [0.5, 0.6) is 0 Å². The van der Waals surface area contributed by atoms with Gasteiger partial charge in [0.15, 0.2) is 6.29 Å². The van der Waals surface area contributed by atoms with Gasteiger partial charge in [0.25, 0.3) is 5.56 Å². The molecule has 3 rings (SSSR count). The Morgan fingerprint density at radius 2 is 1.94 bits per heavy atom. The van der Waals surface area contributed by atoms with E-state index in [0.717, 1.165) is 23.6 Å². The second kappa shape index (κ2) is 11.6. The van der Waals surface area contributed by atoms with Crippen LogP contribution in [0.1, 0.15) is 52.2 Å². The van der Waals surface area contributed by atoms with E-state index in [2.05, 4.69) is 0 Å². The SMILES string of the molecule is CCCOC(CCCOP1(=O)OC[C@H]2O[C@@H](n3cc(F)c(=O)[nH]c3=O)C[C@@H]2O1)OCCC. The maximum Gasteiger partial charge on any atom is 0.475 e. The number of ether oxygens (including phenoxy) is 3. The van der Waals surface area contributed by atoms with Gasteiger partial charge < -0.3 is 14.2 Å². The van der Waals surface area contributed by atoms with Crippen molar-refractivity contribution in [3.63, 3.8) is 0 Å². The van der Waals surface area contributed by atoms with Gasteiger partial charge in [-0.3, -0.25) is 27.9 Å². The van der Waals surface area contributed by atoms with E-state index in [1.54, 1.807) is 0 Å². The second-order valence-corrected chi connectivity index (χ2v) is 9.16. The van der Waals surface area contributed by atoms with Crippen LogP contribution in [0.25, 0.3) is 0 Å². The van der Waals surface area contributed by atoms with Gasteiger partial charge in [0.1, 0.15) is 18.4 Å². The van der Waals surface area contributed by atoms with Gasteiger partial charge in [-0.15, -0.1) is 0 Å². The minimum absolute atomic E-state index is 0.0686. The summed E-state index contributed by atoms with van der Waals surface area (Å²) >= 11 is 0. The highest BCUT2D eigenvalue weighted by molar-refractivity contribution is 7.48. The topological polar surface area (TPSA) is 127 Å². The summed E-state index contributed by atoms with van der Waals surface area (Å²) in [5.41, 5.74) is -1.92. The highest BCUT2D eigenvalue weighted by Gasteiger charge is 2.48. The lowest BCUT2D eigenvalue weighted by molar-refractivity contribution is -0.147. The molecule has 2 aliphatic heterocycles. The Morgan fingerprint density at radius 1 is 1.22 bits per heavy atom. The fourth-order valence-electron chi connectivity index (χ4n) is 3.38. The molecular weight excluding hydrogens is 450 g/mol. The Hall–Kier alpha value is -1.40. The largest absolute Gasteiger partial charge is 0.475 e. The first-order valence-corrected chi connectivity index (χ1v) is 12.3. The number of halogens is 1. The number of phosphoric acid groups is 1. The molecule has 1 aromatic heterocycles. The highest BCUT2D eigenvalue weighted by Crippen LogP contribution is 2.56. The number of phosphoric ester groups is 1. The molecule has 0 aromatic carbocycles. The molecule has 1 aromatic rings. The zero-order valence-electron chi connectivity index (χ0n) is 18.2. The summed E-state index contributed by atoms with van der Waals surface area (Å²) < 4.78 is 60.5. The normalized spacial score (nSPS) is 27.7. The van der Waals surface area contributed by atoms with Crippen molar-refractivity contribution in [3.8, 4) is 0 Å². The molecule has 2 saturated heterocycles. The van der Waals surface area contributed by atoms with Gasteiger partial charge in [0.05, 0.1) is 19.4 Å². The maximum absolute atomic E-state index is 13.6. The molecule has 182 valence electrons. The minimum atomic E-state index is -3.81. The molecule has 0 bridgehead atoms. The van der Waals surface area contributed by atoms with Crippen molar-refractivity contribution in [1.82, 2.24) is 9.55 Å². The lowest BCUT2D eigenvalue weighted by Crippen LogP contribution is -2.34. The van der Waals surface area contributed by atoms with Crippen LogP contribution >= 0.6 is 7.82 Å². The molecule has 0 spiro atoms. The quantitative estimate of drug-likeness (QED) is 0.273. The third-order valence-electron chi connectivity index (χ3n) is 4.93. The Balaban J connectivity index is 1.49. The third kappa shape index (κ3) is 6.57. The average molecular weight is 480 g/mol. The number of hydrogen-bond acceptors (Lipinski definition) is 9. The number of aromatic amines is 1. The van der Waals surface area contributed by atoms with Crippen molar-refractivity contribution in [2.45, 2.75) is 70.7 Å². The fraction of sp³-hybridized carbons (Fsp3) is 0.789. The predicted molar refractivity (Wildman–Crippen MR) is 110 cm³/mol. The van der Waals surface area contributed by atoms with Crippen LogP contribution in [0.4, 0.5) is 4.39 Å². The first-order valence-electron chi connectivity index (χ1n) is 10.8. The number of nitrogens with one attached hydrogen (secondary N) is 1. The summed E-state index contributed by atoms with van der Waals surface area (Å²) in [5, 5.41) is 0. The Morgan fingerprint density at radius 3 is 2.62 bits per heavy atom. The molecule has 3 heterocycles. The Kier molecular flexibility index (Phi) is 9.18. The lowest BCUT2D eigenvalue weighted by Gasteiger charge is -2.29. The van der Waals surface area contributed by atoms with Crippen LogP contribution in [0.2, 0.25) is 0 Å². The molecule has 11 nitrogen and oxygen atoms in total. The van der Waals surface area contributed by atoms with Crippen LogP contribution in [0.3, 0.4) is 0 Å². The fourth-order valence-corrected chi connectivity index (χ4v) is 4.81. The van der Waals surface area contributed by atoms with Gasteiger partial charge in [-0.1, -0.05) is 13.8 Å². The number of aromatic nitrogens is 2. The molecule has 1 unspecified atom stereocenters. The van der Waals surface area contributed by atoms with Crippen molar-refractivity contribution in [2.24, 2.45) is 0 Å². The van der Waals surface area contributed by atoms with Crippen molar-refractivity contribution in [3.05, 3.63) is 32.9 Å². The molecular formula is C19H30FN2O9P. The number of H-pyrrole nitrogens is 1. The summed E-state index contributed by atoms with van der Waals surface area (Å²) in [4.78, 5) is 25.1. The minimum Gasteiger partial charge on any atom is -0.353 e. The van der Waals surface area contributed by atoms with Crippen LogP contribution < -0.4 is 11.2 Å². The predicted octanol–water partition coefficient (Wildman–Crippen LogP) is 2.46. The Bertz CT molecular complexity index is 900. The van der Waals surface area contributed by atoms with Gasteiger partial charge in [0.2, 0.25) is 5.82 Å². The number of hydrogen-bond donors (Lipinski definition) is 1. The van der Waals surface area contributed by atoms with Crippen molar-refractivity contribution < 1.29 is 36.7 Å². The van der Waals surface area contributed by atoms with Crippen LogP contribution in [0, 0.1) is 5.82 Å². The van der Waals surface area contributed by atoms with Gasteiger partial charge in [-0.05, 0) is 19.3 Å². The molecule has 4 atom stereocenters. The standard InChI is InChI=1S/C19H30FN2O9P/c1-3-7-26-17(27-8-4-2)6-5-9-28-32(25)29-12-15-14(31-32)10-16(30-15)22-11-13(20)18(23)21-19(22)24/h11,14-17H,3-10,12H2,1-2H3,(H,21,23,24)/t14-,15+,16+,32?/m0/s1. The third-order valence-corrected chi connectivity index (χ3v) is 6.42. The van der Waals surface area contributed by atoms with Crippen LogP contribution in [0.15, 0.2) is 15.8 Å². The van der Waals surface area contributed by atoms with E-state index in [9.17, 15) is 18.5 Å². The van der Waals surface area contributed by atoms with E-state index >= 15 is 0 Å². The summed E-state index contributed by atoms with van der Waals surface area (Å²) in [7, 11) is -3.81. The van der Waals surface area contributed by atoms with E-state index in [1.165, 1.54) is 0 Å². The molecule has 0 aliphatic carbocycles. The first-order chi connectivity index (χ1) is 15.3.